The highest BCUT2D eigenvalue weighted by molar-refractivity contribution is 5.85. The van der Waals surface area contributed by atoms with E-state index in [1.54, 1.807) is 6.07 Å². The molecule has 1 heterocycles. The third kappa shape index (κ3) is 4.50. The van der Waals surface area contributed by atoms with Crippen molar-refractivity contribution < 1.29 is 9.50 Å². The van der Waals surface area contributed by atoms with Crippen molar-refractivity contribution in [1.29, 1.82) is 5.26 Å². The minimum atomic E-state index is -0.634. The van der Waals surface area contributed by atoms with Crippen LogP contribution >= 0.6 is 24.8 Å². The summed E-state index contributed by atoms with van der Waals surface area (Å²) in [6.07, 6.45) is 0.324. The lowest BCUT2D eigenvalue weighted by molar-refractivity contribution is 0.175. The van der Waals surface area contributed by atoms with Gasteiger partial charge in [0.25, 0.3) is 0 Å². The van der Waals surface area contributed by atoms with Crippen molar-refractivity contribution in [2.45, 2.75) is 12.5 Å². The van der Waals surface area contributed by atoms with Crippen molar-refractivity contribution in [2.75, 3.05) is 26.2 Å². The van der Waals surface area contributed by atoms with Crippen LogP contribution in [0.15, 0.2) is 18.2 Å². The van der Waals surface area contributed by atoms with Crippen molar-refractivity contribution in [2.24, 2.45) is 0 Å². The first-order valence-electron chi connectivity index (χ1n) is 6.02. The number of benzene rings is 1. The number of nitrogens with zero attached hydrogens (tertiary/aromatic N) is 2. The Labute approximate surface area is 130 Å². The first kappa shape index (κ1) is 18.9. The van der Waals surface area contributed by atoms with Gasteiger partial charge >= 0.3 is 0 Å². The van der Waals surface area contributed by atoms with E-state index in [-0.39, 0.29) is 36.6 Å². The molecule has 20 heavy (non-hydrogen) atoms. The van der Waals surface area contributed by atoms with E-state index in [2.05, 4.69) is 16.3 Å². The number of aromatic hydroxyl groups is 1. The molecule has 0 saturated carbocycles. The molecule has 0 spiro atoms. The summed E-state index contributed by atoms with van der Waals surface area (Å²) in [5.41, 5.74) is 0.744. The monoisotopic (exact) mass is 321 g/mol. The number of hydrogen-bond acceptors (Lipinski definition) is 4. The second-order valence-corrected chi connectivity index (χ2v) is 4.37. The van der Waals surface area contributed by atoms with Crippen LogP contribution in [0.2, 0.25) is 0 Å². The van der Waals surface area contributed by atoms with Crippen LogP contribution in [-0.2, 0) is 0 Å². The lowest BCUT2D eigenvalue weighted by atomic mass is 10.0. The summed E-state index contributed by atoms with van der Waals surface area (Å²) >= 11 is 0. The van der Waals surface area contributed by atoms with Gasteiger partial charge in [0.2, 0.25) is 0 Å². The zero-order valence-electron chi connectivity index (χ0n) is 10.9. The third-order valence-corrected chi connectivity index (χ3v) is 3.23. The van der Waals surface area contributed by atoms with Crippen LogP contribution in [0.25, 0.3) is 0 Å². The summed E-state index contributed by atoms with van der Waals surface area (Å²) < 4.78 is 13.4. The Morgan fingerprint density at radius 1 is 1.35 bits per heavy atom. The highest BCUT2D eigenvalue weighted by atomic mass is 35.5. The van der Waals surface area contributed by atoms with Gasteiger partial charge in [-0.2, -0.15) is 5.26 Å². The molecule has 1 aliphatic heterocycles. The summed E-state index contributed by atoms with van der Waals surface area (Å²) in [5.74, 6) is -0.986. The van der Waals surface area contributed by atoms with Crippen molar-refractivity contribution in [3.63, 3.8) is 0 Å². The van der Waals surface area contributed by atoms with Crippen LogP contribution in [0.5, 0.6) is 5.75 Å². The zero-order chi connectivity index (χ0) is 13.0. The Balaban J connectivity index is 0.00000180. The average molecular weight is 322 g/mol. The normalized spacial score (nSPS) is 16.4. The molecule has 1 aliphatic rings. The van der Waals surface area contributed by atoms with Crippen LogP contribution in [-0.4, -0.2) is 36.2 Å². The number of nitrogens with one attached hydrogen (secondary N) is 1. The molecule has 4 nitrogen and oxygen atoms in total. The maximum atomic E-state index is 13.4. The first-order valence-corrected chi connectivity index (χ1v) is 6.02. The Morgan fingerprint density at radius 2 is 2.00 bits per heavy atom. The van der Waals surface area contributed by atoms with E-state index < -0.39 is 5.82 Å². The van der Waals surface area contributed by atoms with E-state index in [9.17, 15) is 9.50 Å². The van der Waals surface area contributed by atoms with E-state index in [4.69, 9.17) is 5.26 Å². The molecule has 0 aromatic heterocycles. The van der Waals surface area contributed by atoms with Gasteiger partial charge in [-0.25, -0.2) is 4.39 Å². The number of rotatable bonds is 3. The number of phenols is 1. The van der Waals surface area contributed by atoms with Gasteiger partial charge in [-0.3, -0.25) is 4.90 Å². The summed E-state index contributed by atoms with van der Waals surface area (Å²) in [4.78, 5) is 2.17. The summed E-state index contributed by atoms with van der Waals surface area (Å²) in [6, 6.07) is 6.39. The van der Waals surface area contributed by atoms with E-state index in [1.165, 1.54) is 12.1 Å². The number of phenolic OH excluding ortho intramolecular Hbond substituents is 1. The zero-order valence-corrected chi connectivity index (χ0v) is 12.5. The molecule has 1 aromatic rings. The molecule has 1 fully saturated rings. The van der Waals surface area contributed by atoms with Gasteiger partial charge in [0.15, 0.2) is 11.6 Å². The molecule has 0 unspecified atom stereocenters. The standard InChI is InChI=1S/C13H16FN3O.2ClH/c14-11-9-10(1-2-13(11)18)12(3-4-15)17-7-5-16-6-8-17;;/h1-2,9,12,16,18H,3,5-8H2;2*1H/t12-;;/m1../s1. The van der Waals surface area contributed by atoms with Gasteiger partial charge in [0.1, 0.15) is 0 Å². The van der Waals surface area contributed by atoms with Crippen LogP contribution in [0.1, 0.15) is 18.0 Å². The second-order valence-electron chi connectivity index (χ2n) is 4.37. The van der Waals surface area contributed by atoms with Crippen LogP contribution < -0.4 is 5.32 Å². The fraction of sp³-hybridized carbons (Fsp3) is 0.462. The van der Waals surface area contributed by atoms with Crippen molar-refractivity contribution >= 4 is 24.8 Å². The van der Waals surface area contributed by atoms with E-state index in [0.717, 1.165) is 31.7 Å². The number of hydrogen-bond donors (Lipinski definition) is 2. The summed E-state index contributed by atoms with van der Waals surface area (Å²) in [7, 11) is 0. The highest BCUT2D eigenvalue weighted by Crippen LogP contribution is 2.27. The van der Waals surface area contributed by atoms with Crippen LogP contribution in [0.3, 0.4) is 0 Å². The third-order valence-electron chi connectivity index (χ3n) is 3.23. The lowest BCUT2D eigenvalue weighted by Gasteiger charge is -2.34. The van der Waals surface area contributed by atoms with Gasteiger partial charge in [-0.15, -0.1) is 24.8 Å². The average Bonchev–Trinajstić information content (AvgIpc) is 2.40. The molecule has 1 atom stereocenters. The van der Waals surface area contributed by atoms with Crippen molar-refractivity contribution in [1.82, 2.24) is 10.2 Å². The Kier molecular flexibility index (Phi) is 8.51. The van der Waals surface area contributed by atoms with E-state index in [0.29, 0.717) is 6.42 Å². The van der Waals surface area contributed by atoms with Gasteiger partial charge in [-0.05, 0) is 17.7 Å². The molecular weight excluding hydrogens is 304 g/mol. The molecule has 0 amide bonds. The molecule has 112 valence electrons. The molecule has 7 heteroatoms. The largest absolute Gasteiger partial charge is 0.505 e. The van der Waals surface area contributed by atoms with Gasteiger partial charge in [0.05, 0.1) is 12.5 Å². The molecule has 0 radical (unpaired) electrons. The fourth-order valence-corrected chi connectivity index (χ4v) is 2.27. The summed E-state index contributed by atoms with van der Waals surface area (Å²) in [6.45, 7) is 3.44. The lowest BCUT2D eigenvalue weighted by Crippen LogP contribution is -2.45. The highest BCUT2D eigenvalue weighted by Gasteiger charge is 2.22. The van der Waals surface area contributed by atoms with Gasteiger partial charge in [-0.1, -0.05) is 6.07 Å². The molecular formula is C13H18Cl2FN3O. The first-order chi connectivity index (χ1) is 8.72. The minimum absolute atomic E-state index is 0. The van der Waals surface area contributed by atoms with Crippen molar-refractivity contribution in [3.8, 4) is 11.8 Å². The Morgan fingerprint density at radius 3 is 2.55 bits per heavy atom. The second kappa shape index (κ2) is 8.98. The minimum Gasteiger partial charge on any atom is -0.505 e. The van der Waals surface area contributed by atoms with Crippen LogP contribution in [0.4, 0.5) is 4.39 Å². The van der Waals surface area contributed by atoms with Gasteiger partial charge in [0, 0.05) is 32.2 Å². The number of nitriles is 1. The number of piperazine rings is 1. The Bertz CT molecular complexity index is 461. The predicted octanol–water partition coefficient (Wildman–Crippen LogP) is 2.23. The smallest absolute Gasteiger partial charge is 0.165 e. The molecule has 0 aliphatic carbocycles. The number of halogens is 3. The van der Waals surface area contributed by atoms with E-state index >= 15 is 0 Å². The molecule has 1 aromatic carbocycles. The maximum Gasteiger partial charge on any atom is 0.165 e. The fourth-order valence-electron chi connectivity index (χ4n) is 2.27. The molecule has 2 rings (SSSR count). The predicted molar refractivity (Wildman–Crippen MR) is 80.0 cm³/mol. The topological polar surface area (TPSA) is 59.3 Å². The van der Waals surface area contributed by atoms with Crippen molar-refractivity contribution in [3.05, 3.63) is 29.6 Å². The quantitative estimate of drug-likeness (QED) is 0.896. The van der Waals surface area contributed by atoms with E-state index in [1.807, 2.05) is 0 Å². The van der Waals surface area contributed by atoms with Gasteiger partial charge < -0.3 is 10.4 Å². The molecule has 1 saturated heterocycles. The molecule has 0 bridgehead atoms. The Hall–Kier alpha value is -1.06. The molecule has 2 N–H and O–H groups in total. The van der Waals surface area contributed by atoms with Crippen LogP contribution in [0, 0.1) is 17.1 Å². The SMILES string of the molecule is Cl.Cl.N#CC[C@H](c1ccc(O)c(F)c1)N1CCNCC1. The summed E-state index contributed by atoms with van der Waals surface area (Å²) in [5, 5.41) is 21.4. The maximum absolute atomic E-state index is 13.4.